The van der Waals surface area contributed by atoms with E-state index in [1.54, 1.807) is 6.07 Å². The van der Waals surface area contributed by atoms with Gasteiger partial charge in [-0.2, -0.15) is 0 Å². The molecule has 12 heteroatoms. The highest BCUT2D eigenvalue weighted by Crippen LogP contribution is 2.25. The molecule has 0 fully saturated rings. The Balaban J connectivity index is 1.75. The van der Waals surface area contributed by atoms with Gasteiger partial charge < -0.3 is 10.1 Å². The molecule has 3 rings (SSSR count). The molecular formula is C19H17BrN4O5S2. The van der Waals surface area contributed by atoms with Crippen LogP contribution in [0.15, 0.2) is 51.8 Å². The normalized spacial score (nSPS) is 11.1. The molecule has 1 heterocycles. The number of ether oxygens (including phenoxy) is 1. The third-order valence-electron chi connectivity index (χ3n) is 3.85. The van der Waals surface area contributed by atoms with Crippen molar-refractivity contribution in [1.82, 2.24) is 10.2 Å². The minimum Gasteiger partial charge on any atom is -0.426 e. The van der Waals surface area contributed by atoms with Gasteiger partial charge in [-0.15, -0.1) is 10.2 Å². The predicted molar refractivity (Wildman–Crippen MR) is 120 cm³/mol. The number of carbonyl (C=O) groups excluding carboxylic acids is 2. The van der Waals surface area contributed by atoms with Gasteiger partial charge in [0.2, 0.25) is 5.13 Å². The second kappa shape index (κ2) is 9.54. The van der Waals surface area contributed by atoms with Gasteiger partial charge in [-0.3, -0.25) is 14.3 Å². The number of benzene rings is 2. The molecule has 0 aliphatic heterocycles. The Kier molecular flexibility index (Phi) is 7.03. The highest BCUT2D eigenvalue weighted by molar-refractivity contribution is 9.10. The van der Waals surface area contributed by atoms with Crippen LogP contribution in [0.25, 0.3) is 0 Å². The summed E-state index contributed by atoms with van der Waals surface area (Å²) in [5.74, 6) is -0.965. The van der Waals surface area contributed by atoms with Gasteiger partial charge in [0.15, 0.2) is 0 Å². The van der Waals surface area contributed by atoms with Crippen molar-refractivity contribution in [1.29, 1.82) is 0 Å². The highest BCUT2D eigenvalue weighted by atomic mass is 79.9. The highest BCUT2D eigenvalue weighted by Gasteiger charge is 2.18. The molecule has 1 amide bonds. The zero-order valence-corrected chi connectivity index (χ0v) is 19.6. The van der Waals surface area contributed by atoms with Gasteiger partial charge in [0.1, 0.15) is 10.8 Å². The first-order valence-electron chi connectivity index (χ1n) is 8.92. The van der Waals surface area contributed by atoms with Gasteiger partial charge in [0.05, 0.1) is 10.5 Å². The average molecular weight is 525 g/mol. The Morgan fingerprint density at radius 3 is 2.45 bits per heavy atom. The number of nitrogens with one attached hydrogen (secondary N) is 2. The fraction of sp³-hybridized carbons (Fsp3) is 0.158. The van der Waals surface area contributed by atoms with Crippen LogP contribution < -0.4 is 14.8 Å². The van der Waals surface area contributed by atoms with Crippen molar-refractivity contribution in [2.75, 3.05) is 10.0 Å². The molecule has 2 N–H and O–H groups in total. The molecule has 0 spiro atoms. The molecule has 162 valence electrons. The summed E-state index contributed by atoms with van der Waals surface area (Å²) in [6.45, 7) is 3.14. The Bertz CT molecular complexity index is 1230. The second-order valence-corrected chi connectivity index (χ2v) is 9.83. The molecule has 9 nitrogen and oxygen atoms in total. The average Bonchev–Trinajstić information content (AvgIpc) is 3.16. The van der Waals surface area contributed by atoms with Crippen LogP contribution in [-0.2, 0) is 21.2 Å². The molecule has 1 aromatic heterocycles. The minimum atomic E-state index is -3.85. The maximum atomic E-state index is 12.7. The first kappa shape index (κ1) is 22.8. The van der Waals surface area contributed by atoms with Crippen LogP contribution in [0.3, 0.4) is 0 Å². The van der Waals surface area contributed by atoms with Gasteiger partial charge in [-0.25, -0.2) is 8.42 Å². The lowest BCUT2D eigenvalue weighted by atomic mass is 10.2. The van der Waals surface area contributed by atoms with E-state index < -0.39 is 21.9 Å². The number of rotatable bonds is 7. The number of hydrogen-bond donors (Lipinski definition) is 2. The molecule has 0 aliphatic rings. The summed E-state index contributed by atoms with van der Waals surface area (Å²) in [6.07, 6.45) is 0.658. The largest absolute Gasteiger partial charge is 0.426 e. The van der Waals surface area contributed by atoms with E-state index in [0.29, 0.717) is 16.6 Å². The van der Waals surface area contributed by atoms with Crippen LogP contribution in [0, 0.1) is 0 Å². The van der Waals surface area contributed by atoms with Crippen LogP contribution in [0.1, 0.15) is 29.2 Å². The van der Waals surface area contributed by atoms with Crippen molar-refractivity contribution in [3.05, 3.63) is 57.5 Å². The number of anilines is 2. The molecule has 0 saturated carbocycles. The lowest BCUT2D eigenvalue weighted by Crippen LogP contribution is -2.15. The second-order valence-electron chi connectivity index (χ2n) is 6.17. The summed E-state index contributed by atoms with van der Waals surface area (Å²) in [5, 5.41) is 11.2. The van der Waals surface area contributed by atoms with Gasteiger partial charge >= 0.3 is 5.97 Å². The van der Waals surface area contributed by atoms with E-state index in [1.807, 2.05) is 6.92 Å². The number of esters is 1. The van der Waals surface area contributed by atoms with E-state index in [9.17, 15) is 18.0 Å². The Morgan fingerprint density at radius 2 is 1.84 bits per heavy atom. The number of sulfonamides is 1. The van der Waals surface area contributed by atoms with Crippen molar-refractivity contribution in [3.63, 3.8) is 0 Å². The third kappa shape index (κ3) is 5.87. The maximum Gasteiger partial charge on any atom is 0.308 e. The smallest absolute Gasteiger partial charge is 0.308 e. The van der Waals surface area contributed by atoms with E-state index in [4.69, 9.17) is 4.74 Å². The topological polar surface area (TPSA) is 127 Å². The Morgan fingerprint density at radius 1 is 1.13 bits per heavy atom. The van der Waals surface area contributed by atoms with Crippen LogP contribution in [0.5, 0.6) is 5.75 Å². The molecule has 0 aliphatic carbocycles. The molecule has 0 bridgehead atoms. The van der Waals surface area contributed by atoms with E-state index in [-0.39, 0.29) is 21.3 Å². The molecular weight excluding hydrogens is 508 g/mol. The fourth-order valence-electron chi connectivity index (χ4n) is 2.45. The summed E-state index contributed by atoms with van der Waals surface area (Å²) in [4.78, 5) is 23.9. The van der Waals surface area contributed by atoms with Crippen molar-refractivity contribution in [3.8, 4) is 5.75 Å². The monoisotopic (exact) mass is 524 g/mol. The molecule has 0 saturated heterocycles. The SMILES string of the molecule is CCc1nnc(NS(=O)(=O)c2ccc(NC(=O)c3cc(Br)ccc3OC(C)=O)cc2)s1. The zero-order valence-electron chi connectivity index (χ0n) is 16.4. The molecule has 2 aromatic carbocycles. The van der Waals surface area contributed by atoms with Crippen molar-refractivity contribution in [2.45, 2.75) is 25.2 Å². The quantitative estimate of drug-likeness (QED) is 0.354. The van der Waals surface area contributed by atoms with Gasteiger partial charge in [0.25, 0.3) is 15.9 Å². The van der Waals surface area contributed by atoms with E-state index in [1.165, 1.54) is 43.3 Å². The van der Waals surface area contributed by atoms with Crippen molar-refractivity contribution in [2.24, 2.45) is 0 Å². The standard InChI is InChI=1S/C19H17BrN4O5S2/c1-3-17-22-23-19(30-17)24-31(27,28)14-7-5-13(6-8-14)21-18(26)15-10-12(20)4-9-16(15)29-11(2)25/h4-10H,3H2,1-2H3,(H,21,26)(H,23,24). The van der Waals surface area contributed by atoms with Crippen molar-refractivity contribution >= 4 is 60.0 Å². The maximum absolute atomic E-state index is 12.7. The van der Waals surface area contributed by atoms with E-state index in [2.05, 4.69) is 36.2 Å². The molecule has 0 atom stereocenters. The van der Waals surface area contributed by atoms with Gasteiger partial charge in [-0.05, 0) is 48.9 Å². The minimum absolute atomic E-state index is 0.00167. The van der Waals surface area contributed by atoms with E-state index >= 15 is 0 Å². The summed E-state index contributed by atoms with van der Waals surface area (Å²) in [6, 6.07) is 10.3. The van der Waals surface area contributed by atoms with Gasteiger partial charge in [0, 0.05) is 17.1 Å². The van der Waals surface area contributed by atoms with Crippen LogP contribution in [0.4, 0.5) is 10.8 Å². The first-order valence-corrected chi connectivity index (χ1v) is 12.0. The number of aryl methyl sites for hydroxylation is 1. The number of halogens is 1. The number of aromatic nitrogens is 2. The van der Waals surface area contributed by atoms with Crippen LogP contribution in [-0.4, -0.2) is 30.5 Å². The Labute approximate surface area is 191 Å². The lowest BCUT2D eigenvalue weighted by molar-refractivity contribution is -0.131. The van der Waals surface area contributed by atoms with Crippen LogP contribution in [0.2, 0.25) is 0 Å². The first-order chi connectivity index (χ1) is 14.7. The summed E-state index contributed by atoms with van der Waals surface area (Å²) in [7, 11) is -3.85. The summed E-state index contributed by atoms with van der Waals surface area (Å²) < 4.78 is 33.1. The lowest BCUT2D eigenvalue weighted by Gasteiger charge is -2.11. The summed E-state index contributed by atoms with van der Waals surface area (Å²) in [5.41, 5.74) is 0.507. The fourth-order valence-corrected chi connectivity index (χ4v) is 4.72. The molecule has 3 aromatic rings. The van der Waals surface area contributed by atoms with Gasteiger partial charge in [-0.1, -0.05) is 34.2 Å². The third-order valence-corrected chi connectivity index (χ3v) is 6.81. The number of carbonyl (C=O) groups is 2. The van der Waals surface area contributed by atoms with E-state index in [0.717, 1.165) is 16.3 Å². The molecule has 0 unspecified atom stereocenters. The number of hydrogen-bond acceptors (Lipinski definition) is 8. The number of amides is 1. The van der Waals surface area contributed by atoms with Crippen LogP contribution >= 0.6 is 27.3 Å². The molecule has 0 radical (unpaired) electrons. The summed E-state index contributed by atoms with van der Waals surface area (Å²) >= 11 is 4.44. The zero-order chi connectivity index (χ0) is 22.6. The Hall–Kier alpha value is -2.83. The predicted octanol–water partition coefficient (Wildman–Crippen LogP) is 3.84. The molecule has 31 heavy (non-hydrogen) atoms. The van der Waals surface area contributed by atoms with Crippen molar-refractivity contribution < 1.29 is 22.7 Å². The number of nitrogens with zero attached hydrogens (tertiary/aromatic N) is 2.